The van der Waals surface area contributed by atoms with Crippen LogP contribution in [0.25, 0.3) is 0 Å². The number of carbonyl (C=O) groups is 1. The zero-order valence-electron chi connectivity index (χ0n) is 4.97. The van der Waals surface area contributed by atoms with Crippen molar-refractivity contribution < 1.29 is 9.90 Å². The molecule has 0 aromatic rings. The Morgan fingerprint density at radius 3 is 2.22 bits per heavy atom. The molecule has 1 atom stereocenters. The first-order valence-electron chi connectivity index (χ1n) is 2.49. The van der Waals surface area contributed by atoms with Crippen LogP contribution in [0.15, 0.2) is 0 Å². The van der Waals surface area contributed by atoms with E-state index >= 15 is 0 Å². The van der Waals surface area contributed by atoms with Crippen LogP contribution in [-0.2, 0) is 4.79 Å². The summed E-state index contributed by atoms with van der Waals surface area (Å²) < 4.78 is 0. The van der Waals surface area contributed by atoms with Crippen LogP contribution in [0.3, 0.4) is 0 Å². The number of aliphatic hydroxyl groups excluding tert-OH is 1. The average Bonchev–Trinajstić information content (AvgIpc) is 1.63. The Kier molecular flexibility index (Phi) is 4.19. The Labute approximate surface area is 63.8 Å². The van der Waals surface area contributed by atoms with Crippen molar-refractivity contribution >= 4 is 29.0 Å². The maximum Gasteiger partial charge on any atom is 0.134 e. The smallest absolute Gasteiger partial charge is 0.134 e. The fraction of sp³-hybridized carbons (Fsp3) is 0.800. The van der Waals surface area contributed by atoms with Crippen LogP contribution in [0, 0.1) is 0 Å². The molecule has 1 N–H and O–H groups in total. The molecule has 0 amide bonds. The van der Waals surface area contributed by atoms with E-state index in [1.165, 1.54) is 6.92 Å². The summed E-state index contributed by atoms with van der Waals surface area (Å²) in [6.45, 7) is 1.37. The molecule has 0 saturated carbocycles. The van der Waals surface area contributed by atoms with Gasteiger partial charge in [-0.3, -0.25) is 4.79 Å². The molecule has 54 valence electrons. The van der Waals surface area contributed by atoms with Crippen LogP contribution in [0.2, 0.25) is 0 Å². The largest absolute Gasteiger partial charge is 0.390 e. The topological polar surface area (TPSA) is 37.3 Å². The standard InChI is InChI=1S/C5H8Cl2O2/c1-3(8)2-4(9)5(6)7/h4-5,9H,2H2,1H3. The second-order valence-electron chi connectivity index (χ2n) is 1.81. The highest BCUT2D eigenvalue weighted by atomic mass is 35.5. The monoisotopic (exact) mass is 170 g/mol. The van der Waals surface area contributed by atoms with Crippen LogP contribution >= 0.6 is 23.2 Å². The SMILES string of the molecule is CC(=O)CC(O)C(Cl)Cl. The maximum atomic E-state index is 10.3. The van der Waals surface area contributed by atoms with Crippen molar-refractivity contribution in [3.63, 3.8) is 0 Å². The number of hydrogen-bond acceptors (Lipinski definition) is 2. The maximum absolute atomic E-state index is 10.3. The number of ketones is 1. The highest BCUT2D eigenvalue weighted by molar-refractivity contribution is 6.44. The fourth-order valence-corrected chi connectivity index (χ4v) is 0.562. The van der Waals surface area contributed by atoms with Crippen molar-refractivity contribution in [3.05, 3.63) is 0 Å². The van der Waals surface area contributed by atoms with Gasteiger partial charge in [0.2, 0.25) is 0 Å². The van der Waals surface area contributed by atoms with Crippen LogP contribution in [0.4, 0.5) is 0 Å². The first-order chi connectivity index (χ1) is 4.04. The third kappa shape index (κ3) is 4.70. The first kappa shape index (κ1) is 9.21. The lowest BCUT2D eigenvalue weighted by atomic mass is 10.2. The number of hydrogen-bond donors (Lipinski definition) is 1. The predicted octanol–water partition coefficient (Wildman–Crippen LogP) is 1.13. The summed E-state index contributed by atoms with van der Waals surface area (Å²) >= 11 is 10.5. The Bertz CT molecular complexity index is 103. The van der Waals surface area contributed by atoms with Gasteiger partial charge in [0.15, 0.2) is 0 Å². The quantitative estimate of drug-likeness (QED) is 0.646. The van der Waals surface area contributed by atoms with E-state index in [1.807, 2.05) is 0 Å². The van der Waals surface area contributed by atoms with Crippen molar-refractivity contribution in [2.75, 3.05) is 0 Å². The number of alkyl halides is 2. The molecule has 0 aromatic heterocycles. The lowest BCUT2D eigenvalue weighted by molar-refractivity contribution is -0.118. The first-order valence-corrected chi connectivity index (χ1v) is 3.37. The van der Waals surface area contributed by atoms with E-state index in [4.69, 9.17) is 28.3 Å². The summed E-state index contributed by atoms with van der Waals surface area (Å²) in [6.07, 6.45) is -0.900. The average molecular weight is 171 g/mol. The van der Waals surface area contributed by atoms with Crippen molar-refractivity contribution in [3.8, 4) is 0 Å². The van der Waals surface area contributed by atoms with Gasteiger partial charge in [-0.05, 0) is 6.92 Å². The molecule has 0 heterocycles. The number of carbonyl (C=O) groups excluding carboxylic acids is 1. The molecule has 0 aliphatic rings. The normalized spacial score (nSPS) is 13.9. The van der Waals surface area contributed by atoms with Gasteiger partial charge in [0.05, 0.1) is 6.10 Å². The fourth-order valence-electron chi connectivity index (χ4n) is 0.384. The molecule has 2 nitrogen and oxygen atoms in total. The molecular formula is C5H8Cl2O2. The molecule has 4 heteroatoms. The lowest BCUT2D eigenvalue weighted by Gasteiger charge is -2.06. The van der Waals surface area contributed by atoms with E-state index in [2.05, 4.69) is 0 Å². The van der Waals surface area contributed by atoms with Crippen molar-refractivity contribution in [1.29, 1.82) is 0 Å². The third-order valence-electron chi connectivity index (χ3n) is 0.787. The second kappa shape index (κ2) is 4.09. The highest BCUT2D eigenvalue weighted by Crippen LogP contribution is 2.10. The van der Waals surface area contributed by atoms with Crippen molar-refractivity contribution in [2.45, 2.75) is 24.3 Å². The molecule has 0 aliphatic heterocycles. The van der Waals surface area contributed by atoms with E-state index in [9.17, 15) is 4.79 Å². The van der Waals surface area contributed by atoms with Crippen molar-refractivity contribution in [1.82, 2.24) is 0 Å². The van der Waals surface area contributed by atoms with E-state index in [-0.39, 0.29) is 12.2 Å². The van der Waals surface area contributed by atoms with Gasteiger partial charge in [-0.1, -0.05) is 0 Å². The summed E-state index contributed by atoms with van der Waals surface area (Å²) in [5.74, 6) is -0.117. The summed E-state index contributed by atoms with van der Waals surface area (Å²) in [5.41, 5.74) is 0. The zero-order chi connectivity index (χ0) is 7.44. The van der Waals surface area contributed by atoms with Crippen LogP contribution in [0.1, 0.15) is 13.3 Å². The van der Waals surface area contributed by atoms with E-state index in [0.717, 1.165) is 0 Å². The van der Waals surface area contributed by atoms with Gasteiger partial charge < -0.3 is 5.11 Å². The molecule has 0 radical (unpaired) electrons. The number of aliphatic hydroxyl groups is 1. The molecule has 0 bridgehead atoms. The van der Waals surface area contributed by atoms with Crippen LogP contribution < -0.4 is 0 Å². The Morgan fingerprint density at radius 2 is 2.11 bits per heavy atom. The van der Waals surface area contributed by atoms with Crippen molar-refractivity contribution in [2.24, 2.45) is 0 Å². The molecule has 0 rings (SSSR count). The van der Waals surface area contributed by atoms with Crippen LogP contribution in [0.5, 0.6) is 0 Å². The Balaban J connectivity index is 3.50. The molecule has 0 aromatic carbocycles. The molecule has 1 unspecified atom stereocenters. The van der Waals surface area contributed by atoms with Crippen LogP contribution in [-0.4, -0.2) is 21.8 Å². The molecule has 0 spiro atoms. The molecule has 0 aliphatic carbocycles. The van der Waals surface area contributed by atoms with E-state index < -0.39 is 10.9 Å². The van der Waals surface area contributed by atoms with Gasteiger partial charge in [-0.25, -0.2) is 0 Å². The summed E-state index contributed by atoms with van der Waals surface area (Å²) in [4.78, 5) is 9.41. The number of rotatable bonds is 3. The summed E-state index contributed by atoms with van der Waals surface area (Å²) in [5, 5.41) is 8.81. The van der Waals surface area contributed by atoms with Gasteiger partial charge in [-0.2, -0.15) is 0 Å². The Hall–Kier alpha value is 0.210. The van der Waals surface area contributed by atoms with Gasteiger partial charge >= 0.3 is 0 Å². The number of Topliss-reactive ketones (excluding diaryl/α,β-unsaturated/α-hetero) is 1. The second-order valence-corrected chi connectivity index (χ2v) is 2.97. The third-order valence-corrected chi connectivity index (χ3v) is 1.37. The summed E-state index contributed by atoms with van der Waals surface area (Å²) in [6, 6.07) is 0. The molecule has 0 saturated heterocycles. The van der Waals surface area contributed by atoms with E-state index in [1.54, 1.807) is 0 Å². The molecule has 0 fully saturated rings. The highest BCUT2D eigenvalue weighted by Gasteiger charge is 2.14. The molecular weight excluding hydrogens is 163 g/mol. The zero-order valence-corrected chi connectivity index (χ0v) is 6.49. The van der Waals surface area contributed by atoms with Gasteiger partial charge in [0, 0.05) is 6.42 Å². The minimum absolute atomic E-state index is 0.0255. The minimum atomic E-state index is -0.925. The number of halogens is 2. The lowest BCUT2D eigenvalue weighted by Crippen LogP contribution is -2.18. The Morgan fingerprint density at radius 1 is 1.67 bits per heavy atom. The van der Waals surface area contributed by atoms with Gasteiger partial charge in [-0.15, -0.1) is 23.2 Å². The summed E-state index contributed by atoms with van der Waals surface area (Å²) in [7, 11) is 0. The van der Waals surface area contributed by atoms with Gasteiger partial charge in [0.1, 0.15) is 10.6 Å². The predicted molar refractivity (Wildman–Crippen MR) is 36.8 cm³/mol. The van der Waals surface area contributed by atoms with Gasteiger partial charge in [0.25, 0.3) is 0 Å². The minimum Gasteiger partial charge on any atom is -0.390 e. The van der Waals surface area contributed by atoms with E-state index in [0.29, 0.717) is 0 Å². The molecule has 9 heavy (non-hydrogen) atoms.